The third kappa shape index (κ3) is 2.21. The van der Waals surface area contributed by atoms with Gasteiger partial charge in [-0.05, 0) is 0 Å². The first-order valence-electron chi connectivity index (χ1n) is 4.84. The summed E-state index contributed by atoms with van der Waals surface area (Å²) in [5, 5.41) is 4.20. The molecule has 0 atom stereocenters. The van der Waals surface area contributed by atoms with Crippen LogP contribution >= 0.6 is 0 Å². The van der Waals surface area contributed by atoms with Crippen LogP contribution in [0.4, 0.5) is 0 Å². The van der Waals surface area contributed by atoms with E-state index in [0.717, 1.165) is 18.8 Å². The standard InChI is InChI=1S/C9H14N6/c1-14-5-3-11-9(14)2-4-15-7-12-8(6-10)13-15/h3,5,7H,2,4,6,10H2,1H3. The summed E-state index contributed by atoms with van der Waals surface area (Å²) in [4.78, 5) is 8.29. The molecule has 0 bridgehead atoms. The van der Waals surface area contributed by atoms with E-state index in [9.17, 15) is 0 Å². The normalized spacial score (nSPS) is 10.8. The second-order valence-corrected chi connectivity index (χ2v) is 3.33. The zero-order chi connectivity index (χ0) is 10.7. The minimum Gasteiger partial charge on any atom is -0.338 e. The Balaban J connectivity index is 1.96. The molecule has 0 spiro atoms. The quantitative estimate of drug-likeness (QED) is 0.746. The van der Waals surface area contributed by atoms with Crippen LogP contribution in [0.1, 0.15) is 11.6 Å². The molecule has 0 saturated heterocycles. The lowest BCUT2D eigenvalue weighted by atomic mass is 10.4. The van der Waals surface area contributed by atoms with E-state index in [4.69, 9.17) is 5.73 Å². The minimum absolute atomic E-state index is 0.384. The number of aromatic nitrogens is 5. The van der Waals surface area contributed by atoms with Gasteiger partial charge in [-0.2, -0.15) is 5.10 Å². The highest BCUT2D eigenvalue weighted by Crippen LogP contribution is 1.98. The van der Waals surface area contributed by atoms with Gasteiger partial charge in [0.2, 0.25) is 0 Å². The van der Waals surface area contributed by atoms with Crippen molar-refractivity contribution >= 4 is 0 Å². The molecule has 0 unspecified atom stereocenters. The van der Waals surface area contributed by atoms with E-state index in [1.807, 2.05) is 17.8 Å². The highest BCUT2D eigenvalue weighted by Gasteiger charge is 2.01. The predicted octanol–water partition coefficient (Wildman–Crippen LogP) is -0.287. The fraction of sp³-hybridized carbons (Fsp3) is 0.444. The van der Waals surface area contributed by atoms with Gasteiger partial charge < -0.3 is 10.3 Å². The van der Waals surface area contributed by atoms with E-state index in [0.29, 0.717) is 12.4 Å². The maximum atomic E-state index is 5.42. The Morgan fingerprint density at radius 1 is 1.40 bits per heavy atom. The molecule has 2 aromatic rings. The van der Waals surface area contributed by atoms with Gasteiger partial charge in [0.25, 0.3) is 0 Å². The molecule has 2 N–H and O–H groups in total. The Labute approximate surface area is 87.8 Å². The molecule has 6 heteroatoms. The van der Waals surface area contributed by atoms with Crippen molar-refractivity contribution in [3.63, 3.8) is 0 Å². The molecule has 0 amide bonds. The lowest BCUT2D eigenvalue weighted by molar-refractivity contribution is 0.582. The lowest BCUT2D eigenvalue weighted by Crippen LogP contribution is -2.07. The van der Waals surface area contributed by atoms with Crippen molar-refractivity contribution in [2.75, 3.05) is 0 Å². The van der Waals surface area contributed by atoms with Gasteiger partial charge in [-0.3, -0.25) is 4.68 Å². The van der Waals surface area contributed by atoms with Crippen molar-refractivity contribution in [3.8, 4) is 0 Å². The maximum Gasteiger partial charge on any atom is 0.164 e. The second kappa shape index (κ2) is 4.22. The van der Waals surface area contributed by atoms with E-state index in [-0.39, 0.29) is 0 Å². The molecule has 0 aliphatic rings. The minimum atomic E-state index is 0.384. The van der Waals surface area contributed by atoms with Gasteiger partial charge in [0, 0.05) is 32.4 Å². The fourth-order valence-corrected chi connectivity index (χ4v) is 1.39. The molecule has 0 aliphatic carbocycles. The topological polar surface area (TPSA) is 74.5 Å². The molecular weight excluding hydrogens is 192 g/mol. The SMILES string of the molecule is Cn1ccnc1CCn1cnc(CN)n1. The average molecular weight is 206 g/mol. The number of nitrogens with two attached hydrogens (primary N) is 1. The summed E-state index contributed by atoms with van der Waals surface area (Å²) >= 11 is 0. The summed E-state index contributed by atoms with van der Waals surface area (Å²) in [6, 6.07) is 0. The Kier molecular flexibility index (Phi) is 2.77. The zero-order valence-corrected chi connectivity index (χ0v) is 8.67. The van der Waals surface area contributed by atoms with E-state index < -0.39 is 0 Å². The van der Waals surface area contributed by atoms with Crippen molar-refractivity contribution in [2.24, 2.45) is 12.8 Å². The summed E-state index contributed by atoms with van der Waals surface area (Å²) in [6.45, 7) is 1.16. The first-order chi connectivity index (χ1) is 7.29. The van der Waals surface area contributed by atoms with E-state index in [1.54, 1.807) is 17.2 Å². The largest absolute Gasteiger partial charge is 0.338 e. The summed E-state index contributed by atoms with van der Waals surface area (Å²) in [7, 11) is 1.98. The van der Waals surface area contributed by atoms with Crippen molar-refractivity contribution in [1.82, 2.24) is 24.3 Å². The molecule has 2 aromatic heterocycles. The summed E-state index contributed by atoms with van der Waals surface area (Å²) < 4.78 is 3.79. The molecule has 0 radical (unpaired) electrons. The second-order valence-electron chi connectivity index (χ2n) is 3.33. The van der Waals surface area contributed by atoms with Crippen molar-refractivity contribution < 1.29 is 0 Å². The number of hydrogen-bond acceptors (Lipinski definition) is 4. The predicted molar refractivity (Wildman–Crippen MR) is 54.8 cm³/mol. The van der Waals surface area contributed by atoms with Crippen LogP contribution in [-0.2, 0) is 26.6 Å². The molecule has 80 valence electrons. The number of imidazole rings is 1. The van der Waals surface area contributed by atoms with Crippen LogP contribution in [-0.4, -0.2) is 24.3 Å². The van der Waals surface area contributed by atoms with E-state index >= 15 is 0 Å². The highest BCUT2D eigenvalue weighted by atomic mass is 15.3. The van der Waals surface area contributed by atoms with Gasteiger partial charge >= 0.3 is 0 Å². The average Bonchev–Trinajstić information content (AvgIpc) is 2.84. The van der Waals surface area contributed by atoms with E-state index in [2.05, 4.69) is 15.1 Å². The number of nitrogens with zero attached hydrogens (tertiary/aromatic N) is 5. The van der Waals surface area contributed by atoms with Crippen LogP contribution in [0.25, 0.3) is 0 Å². The molecule has 0 fully saturated rings. The Morgan fingerprint density at radius 2 is 2.27 bits per heavy atom. The van der Waals surface area contributed by atoms with Crippen LogP contribution in [0.15, 0.2) is 18.7 Å². The fourth-order valence-electron chi connectivity index (χ4n) is 1.39. The van der Waals surface area contributed by atoms with Gasteiger partial charge in [-0.1, -0.05) is 0 Å². The third-order valence-electron chi connectivity index (χ3n) is 2.25. The Hall–Kier alpha value is -1.69. The highest BCUT2D eigenvalue weighted by molar-refractivity contribution is 4.91. The Bertz CT molecular complexity index is 429. The van der Waals surface area contributed by atoms with Crippen molar-refractivity contribution in [1.29, 1.82) is 0 Å². The lowest BCUT2D eigenvalue weighted by Gasteiger charge is -2.01. The summed E-state index contributed by atoms with van der Waals surface area (Å²) in [5.41, 5.74) is 5.42. The van der Waals surface area contributed by atoms with Crippen LogP contribution in [0, 0.1) is 0 Å². The monoisotopic (exact) mass is 206 g/mol. The number of hydrogen-bond donors (Lipinski definition) is 1. The zero-order valence-electron chi connectivity index (χ0n) is 8.67. The summed E-state index contributed by atoms with van der Waals surface area (Å²) in [5.74, 6) is 1.72. The maximum absolute atomic E-state index is 5.42. The number of rotatable bonds is 4. The van der Waals surface area contributed by atoms with Crippen LogP contribution in [0.2, 0.25) is 0 Å². The first kappa shape index (κ1) is 9.85. The van der Waals surface area contributed by atoms with Crippen LogP contribution < -0.4 is 5.73 Å². The third-order valence-corrected chi connectivity index (χ3v) is 2.25. The molecule has 6 nitrogen and oxygen atoms in total. The van der Waals surface area contributed by atoms with Crippen LogP contribution in [0.5, 0.6) is 0 Å². The molecule has 2 rings (SSSR count). The first-order valence-corrected chi connectivity index (χ1v) is 4.84. The smallest absolute Gasteiger partial charge is 0.164 e. The molecule has 0 aliphatic heterocycles. The van der Waals surface area contributed by atoms with Gasteiger partial charge in [0.15, 0.2) is 5.82 Å². The van der Waals surface area contributed by atoms with E-state index in [1.165, 1.54) is 0 Å². The van der Waals surface area contributed by atoms with Gasteiger partial charge in [-0.25, -0.2) is 9.97 Å². The summed E-state index contributed by atoms with van der Waals surface area (Å²) in [6.07, 6.45) is 6.27. The molecule has 2 heterocycles. The van der Waals surface area contributed by atoms with Crippen molar-refractivity contribution in [3.05, 3.63) is 30.4 Å². The van der Waals surface area contributed by atoms with Crippen molar-refractivity contribution in [2.45, 2.75) is 19.5 Å². The molecular formula is C9H14N6. The van der Waals surface area contributed by atoms with Gasteiger partial charge in [0.05, 0.1) is 6.54 Å². The van der Waals surface area contributed by atoms with Gasteiger partial charge in [-0.15, -0.1) is 0 Å². The van der Waals surface area contributed by atoms with Gasteiger partial charge in [0.1, 0.15) is 12.2 Å². The Morgan fingerprint density at radius 3 is 2.87 bits per heavy atom. The molecule has 0 saturated carbocycles. The number of aryl methyl sites for hydroxylation is 3. The molecule has 15 heavy (non-hydrogen) atoms. The molecule has 0 aromatic carbocycles. The van der Waals surface area contributed by atoms with Crippen LogP contribution in [0.3, 0.4) is 0 Å².